The average Bonchev–Trinajstić information content (AvgIpc) is 3.45. The lowest BCUT2D eigenvalue weighted by molar-refractivity contribution is -0.112. The molecule has 0 fully saturated rings. The van der Waals surface area contributed by atoms with E-state index in [1.807, 2.05) is 69.3 Å². The highest BCUT2D eigenvalue weighted by atomic mass is 79.9. The van der Waals surface area contributed by atoms with Crippen LogP contribution in [0.15, 0.2) is 64.6 Å². The lowest BCUT2D eigenvalue weighted by Crippen LogP contribution is -2.17. The first kappa shape index (κ1) is 27.6. The highest BCUT2D eigenvalue weighted by molar-refractivity contribution is 9.10. The van der Waals surface area contributed by atoms with E-state index in [2.05, 4.69) is 31.1 Å². The average molecular weight is 614 g/mol. The van der Waals surface area contributed by atoms with E-state index in [0.29, 0.717) is 11.3 Å². The predicted octanol–water partition coefficient (Wildman–Crippen LogP) is 7.90. The molecule has 6 nitrogen and oxygen atoms in total. The summed E-state index contributed by atoms with van der Waals surface area (Å²) in [5.74, 6) is -0.589. The SMILES string of the molecule is Cc1ccc(NC(=O)c2c(-n3c(C)cc(/C=C(/C#N)C(=O)Nc4ccc(Br)cc4)c3C)sc3c2CCCC3)cc1. The van der Waals surface area contributed by atoms with Gasteiger partial charge in [0.2, 0.25) is 0 Å². The van der Waals surface area contributed by atoms with Crippen LogP contribution >= 0.6 is 27.3 Å². The van der Waals surface area contributed by atoms with Crippen LogP contribution in [-0.4, -0.2) is 16.4 Å². The van der Waals surface area contributed by atoms with Crippen molar-refractivity contribution >= 4 is 56.5 Å². The fraction of sp³-hybridized carbons (Fsp3) is 0.219. The smallest absolute Gasteiger partial charge is 0.266 e. The Bertz CT molecular complexity index is 1670. The number of amides is 2. The normalized spacial score (nSPS) is 12.9. The van der Waals surface area contributed by atoms with Crippen LogP contribution in [-0.2, 0) is 17.6 Å². The molecular formula is C32H29BrN4O2S. The molecule has 2 aromatic heterocycles. The van der Waals surface area contributed by atoms with Gasteiger partial charge in [0.1, 0.15) is 16.6 Å². The number of thiophene rings is 1. The number of fused-ring (bicyclic) bond motifs is 1. The number of rotatable bonds is 6. The predicted molar refractivity (Wildman–Crippen MR) is 165 cm³/mol. The molecule has 0 atom stereocenters. The maximum Gasteiger partial charge on any atom is 0.266 e. The van der Waals surface area contributed by atoms with Gasteiger partial charge in [0.25, 0.3) is 11.8 Å². The van der Waals surface area contributed by atoms with E-state index in [4.69, 9.17) is 0 Å². The monoisotopic (exact) mass is 612 g/mol. The van der Waals surface area contributed by atoms with Crippen LogP contribution in [0.3, 0.4) is 0 Å². The molecular weight excluding hydrogens is 584 g/mol. The Balaban J connectivity index is 1.51. The summed E-state index contributed by atoms with van der Waals surface area (Å²) < 4.78 is 2.98. The standard InChI is InChI=1S/C32H29BrN4O2S/c1-19-8-12-25(13-9-19)36-31(39)29-27-6-4-5-7-28(27)40-32(29)37-20(2)16-22(21(37)3)17-23(18-34)30(38)35-26-14-10-24(33)11-15-26/h8-17H,4-7H2,1-3H3,(H,35,38)(H,36,39)/b23-17-. The number of hydrogen-bond donors (Lipinski definition) is 2. The number of carbonyl (C=O) groups is 2. The van der Waals surface area contributed by atoms with Crippen LogP contribution in [0, 0.1) is 32.1 Å². The van der Waals surface area contributed by atoms with Gasteiger partial charge in [0.15, 0.2) is 0 Å². The quantitative estimate of drug-likeness (QED) is 0.171. The Morgan fingerprint density at radius 2 is 1.62 bits per heavy atom. The summed E-state index contributed by atoms with van der Waals surface area (Å²) in [7, 11) is 0. The molecule has 4 aromatic rings. The molecule has 1 aliphatic carbocycles. The molecule has 2 amide bonds. The maximum atomic E-state index is 13.7. The van der Waals surface area contributed by atoms with Crippen molar-refractivity contribution in [2.24, 2.45) is 0 Å². The first-order chi connectivity index (χ1) is 19.2. The van der Waals surface area contributed by atoms with Crippen LogP contribution in [0.2, 0.25) is 0 Å². The number of aryl methyl sites for hydroxylation is 3. The molecule has 202 valence electrons. The van der Waals surface area contributed by atoms with Gasteiger partial charge < -0.3 is 15.2 Å². The van der Waals surface area contributed by atoms with Gasteiger partial charge in [-0.15, -0.1) is 11.3 Å². The van der Waals surface area contributed by atoms with Crippen LogP contribution in [0.5, 0.6) is 0 Å². The zero-order valence-electron chi connectivity index (χ0n) is 22.6. The highest BCUT2D eigenvalue weighted by Crippen LogP contribution is 2.39. The largest absolute Gasteiger partial charge is 0.322 e. The first-order valence-corrected chi connectivity index (χ1v) is 14.8. The zero-order chi connectivity index (χ0) is 28.4. The molecule has 0 radical (unpaired) electrons. The van der Waals surface area contributed by atoms with Gasteiger partial charge in [-0.25, -0.2) is 0 Å². The Hall–Kier alpha value is -3.93. The Morgan fingerprint density at radius 1 is 0.975 bits per heavy atom. The number of benzene rings is 2. The van der Waals surface area contributed by atoms with Gasteiger partial charge >= 0.3 is 0 Å². The Kier molecular flexibility index (Phi) is 8.06. The Labute approximate surface area is 246 Å². The van der Waals surface area contributed by atoms with Crippen molar-refractivity contribution in [3.63, 3.8) is 0 Å². The minimum atomic E-state index is -0.473. The lowest BCUT2D eigenvalue weighted by Gasteiger charge is -2.14. The van der Waals surface area contributed by atoms with Crippen molar-refractivity contribution in [1.82, 2.24) is 4.57 Å². The Morgan fingerprint density at radius 3 is 2.33 bits per heavy atom. The van der Waals surface area contributed by atoms with E-state index >= 15 is 0 Å². The number of halogens is 1. The van der Waals surface area contributed by atoms with Crippen LogP contribution in [0.4, 0.5) is 11.4 Å². The van der Waals surface area contributed by atoms with Crippen molar-refractivity contribution < 1.29 is 9.59 Å². The van der Waals surface area contributed by atoms with Crippen molar-refractivity contribution in [2.75, 3.05) is 10.6 Å². The van der Waals surface area contributed by atoms with Gasteiger partial charge in [-0.2, -0.15) is 5.26 Å². The summed E-state index contributed by atoms with van der Waals surface area (Å²) in [6.45, 7) is 5.96. The van der Waals surface area contributed by atoms with E-state index in [1.54, 1.807) is 29.5 Å². The molecule has 2 N–H and O–H groups in total. The number of nitrogens with zero attached hydrogens (tertiary/aromatic N) is 2. The van der Waals surface area contributed by atoms with Crippen molar-refractivity contribution in [2.45, 2.75) is 46.5 Å². The van der Waals surface area contributed by atoms with Gasteiger partial charge in [-0.05, 0) is 106 Å². The van der Waals surface area contributed by atoms with Gasteiger partial charge in [0, 0.05) is 32.1 Å². The number of aromatic nitrogens is 1. The molecule has 8 heteroatoms. The third-order valence-electron chi connectivity index (χ3n) is 7.13. The van der Waals surface area contributed by atoms with Crippen molar-refractivity contribution in [1.29, 1.82) is 5.26 Å². The molecule has 5 rings (SSSR count). The van der Waals surface area contributed by atoms with Crippen LogP contribution < -0.4 is 10.6 Å². The summed E-state index contributed by atoms with van der Waals surface area (Å²) in [5, 5.41) is 16.6. The zero-order valence-corrected chi connectivity index (χ0v) is 25.0. The number of carbonyl (C=O) groups excluding carboxylic acids is 2. The second kappa shape index (κ2) is 11.7. The number of nitriles is 1. The van der Waals surface area contributed by atoms with Gasteiger partial charge in [-0.3, -0.25) is 9.59 Å². The maximum absolute atomic E-state index is 13.7. The number of anilines is 2. The molecule has 0 saturated carbocycles. The topological polar surface area (TPSA) is 86.9 Å². The third-order valence-corrected chi connectivity index (χ3v) is 8.94. The summed E-state index contributed by atoms with van der Waals surface area (Å²) in [6.07, 6.45) is 5.63. The second-order valence-corrected chi connectivity index (χ2v) is 12.0. The molecule has 0 spiro atoms. The molecule has 2 heterocycles. The fourth-order valence-electron chi connectivity index (χ4n) is 5.06. The first-order valence-electron chi connectivity index (χ1n) is 13.2. The number of nitrogens with one attached hydrogen (secondary N) is 2. The van der Waals surface area contributed by atoms with Gasteiger partial charge in [-0.1, -0.05) is 33.6 Å². The van der Waals surface area contributed by atoms with Crippen LogP contribution in [0.1, 0.15) is 56.2 Å². The van der Waals surface area contributed by atoms with E-state index in [9.17, 15) is 14.9 Å². The van der Waals surface area contributed by atoms with E-state index in [1.165, 1.54) is 4.88 Å². The van der Waals surface area contributed by atoms with E-state index in [0.717, 1.165) is 68.9 Å². The molecule has 1 aliphatic rings. The fourth-order valence-corrected chi connectivity index (χ4v) is 6.82. The number of hydrogen-bond acceptors (Lipinski definition) is 4. The minimum absolute atomic E-state index is 0.00554. The van der Waals surface area contributed by atoms with Crippen molar-refractivity contribution in [3.05, 3.63) is 103 Å². The van der Waals surface area contributed by atoms with Crippen molar-refractivity contribution in [3.8, 4) is 11.1 Å². The van der Waals surface area contributed by atoms with E-state index < -0.39 is 5.91 Å². The molecule has 40 heavy (non-hydrogen) atoms. The second-order valence-electron chi connectivity index (χ2n) is 10.0. The highest BCUT2D eigenvalue weighted by Gasteiger charge is 2.28. The summed E-state index contributed by atoms with van der Waals surface area (Å²) in [5.41, 5.74) is 6.90. The van der Waals surface area contributed by atoms with E-state index in [-0.39, 0.29) is 11.5 Å². The lowest BCUT2D eigenvalue weighted by atomic mass is 9.95. The van der Waals surface area contributed by atoms with Gasteiger partial charge in [0.05, 0.1) is 5.56 Å². The minimum Gasteiger partial charge on any atom is -0.322 e. The molecule has 0 aliphatic heterocycles. The molecule has 0 bridgehead atoms. The molecule has 0 unspecified atom stereocenters. The summed E-state index contributed by atoms with van der Waals surface area (Å²) >= 11 is 5.05. The molecule has 0 saturated heterocycles. The third kappa shape index (κ3) is 5.67. The summed E-state index contributed by atoms with van der Waals surface area (Å²) in [4.78, 5) is 27.9. The summed E-state index contributed by atoms with van der Waals surface area (Å²) in [6, 6.07) is 19.0. The van der Waals surface area contributed by atoms with Crippen LogP contribution in [0.25, 0.3) is 11.1 Å². The molecule has 2 aromatic carbocycles.